The van der Waals surface area contributed by atoms with Crippen molar-refractivity contribution in [3.05, 3.63) is 117 Å². The third kappa shape index (κ3) is 16.4. The number of amides is 3. The van der Waals surface area contributed by atoms with Gasteiger partial charge in [0.25, 0.3) is 0 Å². The third-order valence-electron chi connectivity index (χ3n) is 14.8. The van der Waals surface area contributed by atoms with E-state index in [9.17, 15) is 24.1 Å². The van der Waals surface area contributed by atoms with E-state index in [4.69, 9.17) is 21.3 Å². The minimum atomic E-state index is -2.47. The summed E-state index contributed by atoms with van der Waals surface area (Å²) < 4.78 is 18.9. The van der Waals surface area contributed by atoms with E-state index in [-0.39, 0.29) is 30.7 Å². The normalized spacial score (nSPS) is 16.7. The molecule has 2 fully saturated rings. The molecule has 17 heteroatoms. The van der Waals surface area contributed by atoms with Gasteiger partial charge in [-0.2, -0.15) is 0 Å². The number of hydrogen-bond acceptors (Lipinski definition) is 12. The van der Waals surface area contributed by atoms with E-state index in [1.807, 2.05) is 81.7 Å². The molecule has 2 aliphatic rings. The zero-order valence-corrected chi connectivity index (χ0v) is 48.2. The molecule has 2 saturated heterocycles. The van der Waals surface area contributed by atoms with Gasteiger partial charge in [-0.25, -0.2) is 15.0 Å². The van der Waals surface area contributed by atoms with Crippen LogP contribution < -0.4 is 30.9 Å². The van der Waals surface area contributed by atoms with E-state index in [0.717, 1.165) is 114 Å². The van der Waals surface area contributed by atoms with Gasteiger partial charge in [0.05, 0.1) is 40.0 Å². The molecule has 0 aliphatic carbocycles. The van der Waals surface area contributed by atoms with Gasteiger partial charge in [0.1, 0.15) is 30.8 Å². The number of thiazole rings is 1. The summed E-state index contributed by atoms with van der Waals surface area (Å²) in [5, 5.41) is 21.7. The zero-order valence-electron chi connectivity index (χ0n) is 45.7. The molecular formula is C59H80ClN8O6PS. The number of benzene rings is 3. The van der Waals surface area contributed by atoms with Crippen LogP contribution in [-0.2, 0) is 38.3 Å². The number of methoxy groups -OCH3 is 1. The van der Waals surface area contributed by atoms with Gasteiger partial charge in [0.15, 0.2) is 0 Å². The van der Waals surface area contributed by atoms with Crippen molar-refractivity contribution in [3.8, 4) is 16.2 Å². The number of unbranched alkanes of at least 4 members (excludes halogenated alkanes) is 7. The summed E-state index contributed by atoms with van der Waals surface area (Å²) in [6.07, 6.45) is 13.1. The number of aromatic nitrogens is 3. The average Bonchev–Trinajstić information content (AvgIpc) is 4.02. The highest BCUT2D eigenvalue weighted by atomic mass is 35.5. The number of carbonyl (C=O) groups excluding carboxylic acids is 3. The Hall–Kier alpha value is -5.18. The Morgan fingerprint density at radius 1 is 0.908 bits per heavy atom. The van der Waals surface area contributed by atoms with E-state index in [1.54, 1.807) is 38.0 Å². The lowest BCUT2D eigenvalue weighted by Gasteiger charge is -2.35. The van der Waals surface area contributed by atoms with E-state index < -0.39 is 30.7 Å². The molecule has 2 aromatic heterocycles. The first-order valence-corrected chi connectivity index (χ1v) is 31.1. The highest BCUT2D eigenvalue weighted by molar-refractivity contribution is 7.70. The second kappa shape index (κ2) is 27.4. The van der Waals surface area contributed by atoms with Crippen molar-refractivity contribution in [1.82, 2.24) is 35.8 Å². The van der Waals surface area contributed by atoms with E-state index in [0.29, 0.717) is 48.4 Å². The van der Waals surface area contributed by atoms with Crippen LogP contribution in [0.2, 0.25) is 5.02 Å². The van der Waals surface area contributed by atoms with Crippen molar-refractivity contribution in [2.45, 2.75) is 148 Å². The minimum Gasteiger partial charge on any atom is -0.496 e. The van der Waals surface area contributed by atoms with Crippen molar-refractivity contribution in [1.29, 1.82) is 0 Å². The lowest BCUT2D eigenvalue weighted by molar-refractivity contribution is -0.144. The first-order chi connectivity index (χ1) is 36.4. The number of β-amino-alcohol motifs (C(OH)–C–C–N with tert-alkyl or cyclic N) is 1. The Bertz CT molecular complexity index is 2770. The van der Waals surface area contributed by atoms with Crippen LogP contribution >= 0.6 is 30.1 Å². The second-order valence-corrected chi connectivity index (χ2v) is 26.6. The zero-order chi connectivity index (χ0) is 54.4. The number of ether oxygens (including phenoxy) is 1. The molecule has 4 N–H and O–H groups in total. The number of hydrogen-bond donors (Lipinski definition) is 4. The lowest BCUT2D eigenvalue weighted by Crippen LogP contribution is -2.57. The predicted octanol–water partition coefficient (Wildman–Crippen LogP) is 9.88. The molecule has 14 nitrogen and oxygen atoms in total. The fraction of sp³-hybridized carbons (Fsp3) is 0.525. The molecule has 3 amide bonds. The van der Waals surface area contributed by atoms with Gasteiger partial charge in [0.2, 0.25) is 17.7 Å². The number of anilines is 1. The second-order valence-electron chi connectivity index (χ2n) is 22.1. The van der Waals surface area contributed by atoms with Crippen molar-refractivity contribution >= 4 is 58.8 Å². The molecule has 76 heavy (non-hydrogen) atoms. The SMILES string of the molecule is COc1cc(N2CCC(NCCCCCCCCCCC(=O)N[C@H](C(=O)N3C[C@H](O)C[C@H]3C(=O)NCc3ccc(-c4scnc4C)cc3)C(C)(C)C)CC2)ccc1Cc1ncc(Cl)c(Cc2ccccc2P(C)(C)=O)n1. The fourth-order valence-corrected chi connectivity index (χ4v) is 12.7. The Balaban J connectivity index is 0.746. The topological polar surface area (TPSA) is 179 Å². The maximum absolute atomic E-state index is 14.1. The summed E-state index contributed by atoms with van der Waals surface area (Å²) in [7, 11) is -0.771. The van der Waals surface area contributed by atoms with E-state index in [2.05, 4.69) is 49.0 Å². The van der Waals surface area contributed by atoms with Crippen molar-refractivity contribution in [2.24, 2.45) is 5.41 Å². The average molecular weight is 1100 g/mol. The van der Waals surface area contributed by atoms with Crippen LogP contribution in [0.3, 0.4) is 0 Å². The van der Waals surface area contributed by atoms with Gasteiger partial charge in [-0.15, -0.1) is 11.3 Å². The summed E-state index contributed by atoms with van der Waals surface area (Å²) in [4.78, 5) is 59.5. The Labute approximate surface area is 460 Å². The van der Waals surface area contributed by atoms with Gasteiger partial charge in [-0.3, -0.25) is 14.4 Å². The van der Waals surface area contributed by atoms with Crippen molar-refractivity contribution in [3.63, 3.8) is 0 Å². The van der Waals surface area contributed by atoms with Crippen LogP contribution in [0.5, 0.6) is 5.75 Å². The molecule has 0 saturated carbocycles. The predicted molar refractivity (Wildman–Crippen MR) is 308 cm³/mol. The summed E-state index contributed by atoms with van der Waals surface area (Å²) in [6, 6.07) is 21.0. The smallest absolute Gasteiger partial charge is 0.246 e. The molecule has 3 aromatic carbocycles. The highest BCUT2D eigenvalue weighted by Crippen LogP contribution is 2.37. The summed E-state index contributed by atoms with van der Waals surface area (Å²) in [6.45, 7) is 14.6. The van der Waals surface area contributed by atoms with Crippen molar-refractivity contribution < 1.29 is 28.8 Å². The number of halogens is 1. The molecule has 2 aliphatic heterocycles. The number of carbonyl (C=O) groups is 3. The molecule has 0 radical (unpaired) electrons. The molecule has 5 aromatic rings. The minimum absolute atomic E-state index is 0.0451. The van der Waals surface area contributed by atoms with Crippen molar-refractivity contribution in [2.75, 3.05) is 51.5 Å². The van der Waals surface area contributed by atoms with Gasteiger partial charge in [-0.05, 0) is 80.7 Å². The van der Waals surface area contributed by atoms with E-state index >= 15 is 0 Å². The number of likely N-dealkylation sites (tertiary alicyclic amines) is 1. The molecule has 3 atom stereocenters. The fourth-order valence-electron chi connectivity index (χ4n) is 10.4. The Kier molecular flexibility index (Phi) is 21.1. The summed E-state index contributed by atoms with van der Waals surface area (Å²) >= 11 is 8.17. The number of aliphatic hydroxyl groups excluding tert-OH is 1. The first-order valence-electron chi connectivity index (χ1n) is 27.2. The molecule has 0 spiro atoms. The standard InChI is InChI=1S/C59H80ClN8O6PS/c1-40-55(76-39-64-40)42-23-21-41(22-24-42)36-63-57(71)50-35-47(69)38-68(50)58(72)56(59(2,3)4)66-54(70)20-14-12-10-8-9-11-13-17-29-61-45-27-30-67(31-28-45)46-26-25-43(51(34-46)74-5)33-53-62-37-48(60)49(65-53)32-44-18-15-16-19-52(44)75(6,7)73/h15-16,18-19,21-26,34,37,39,45,47,50,56,61,69H,8-14,17,20,27-33,35-36,38H2,1-7H3,(H,63,71)(H,66,70)/t47-,50+,56-/m1/s1. The Morgan fingerprint density at radius 2 is 1.61 bits per heavy atom. The molecule has 0 unspecified atom stereocenters. The van der Waals surface area contributed by atoms with E-state index in [1.165, 1.54) is 24.2 Å². The van der Waals surface area contributed by atoms with Gasteiger partial charge < -0.3 is 40.2 Å². The monoisotopic (exact) mass is 1090 g/mol. The number of nitrogens with one attached hydrogen (secondary N) is 3. The maximum Gasteiger partial charge on any atom is 0.246 e. The summed E-state index contributed by atoms with van der Waals surface area (Å²) in [5.41, 5.74) is 8.03. The van der Waals surface area contributed by atoms with Crippen LogP contribution in [0, 0.1) is 12.3 Å². The van der Waals surface area contributed by atoms with Gasteiger partial charge in [-0.1, -0.05) is 125 Å². The number of piperidine rings is 1. The van der Waals surface area contributed by atoms with Crippen LogP contribution in [0.15, 0.2) is 78.4 Å². The number of rotatable bonds is 25. The van der Waals surface area contributed by atoms with Gasteiger partial charge in [0, 0.05) is 86.7 Å². The largest absolute Gasteiger partial charge is 0.496 e. The molecule has 0 bridgehead atoms. The lowest BCUT2D eigenvalue weighted by atomic mass is 9.85. The Morgan fingerprint density at radius 3 is 2.28 bits per heavy atom. The van der Waals surface area contributed by atoms with Gasteiger partial charge >= 0.3 is 0 Å². The molecular weight excluding hydrogens is 1020 g/mol. The molecule has 410 valence electrons. The van der Waals surface area contributed by atoms with Crippen LogP contribution in [0.1, 0.15) is 132 Å². The first kappa shape index (κ1) is 58.5. The number of aliphatic hydroxyl groups is 1. The number of aryl methyl sites for hydroxylation is 1. The molecule has 4 heterocycles. The third-order valence-corrected chi connectivity index (χ3v) is 17.6. The number of nitrogens with zero attached hydrogens (tertiary/aromatic N) is 5. The maximum atomic E-state index is 14.1. The van der Waals surface area contributed by atoms with Crippen LogP contribution in [-0.4, -0.2) is 114 Å². The van der Waals surface area contributed by atoms with Crippen LogP contribution in [0.25, 0.3) is 10.4 Å². The quantitative estimate of drug-likeness (QED) is 0.0323. The van der Waals surface area contributed by atoms with Crippen LogP contribution in [0.4, 0.5) is 5.69 Å². The summed E-state index contributed by atoms with van der Waals surface area (Å²) in [5.74, 6) is 0.628. The molecule has 7 rings (SSSR count). The highest BCUT2D eigenvalue weighted by Gasteiger charge is 2.44.